The van der Waals surface area contributed by atoms with Crippen molar-refractivity contribution in [2.24, 2.45) is 0 Å². The third-order valence-electron chi connectivity index (χ3n) is 1.75. The zero-order chi connectivity index (χ0) is 10.9. The van der Waals surface area contributed by atoms with E-state index in [4.69, 9.17) is 11.6 Å². The van der Waals surface area contributed by atoms with Gasteiger partial charge in [-0.25, -0.2) is 0 Å². The Balaban J connectivity index is 3.29. The van der Waals surface area contributed by atoms with Crippen molar-refractivity contribution in [1.29, 1.82) is 0 Å². The smallest absolute Gasteiger partial charge is 0.377 e. The van der Waals surface area contributed by atoms with Crippen LogP contribution in [0.15, 0.2) is 18.2 Å². The lowest BCUT2D eigenvalue weighted by atomic mass is 10.1. The largest absolute Gasteiger partial charge is 0.418 e. The fourth-order valence-corrected chi connectivity index (χ4v) is 1.28. The molecule has 0 saturated heterocycles. The molecular formula is C9H9ClF3N. The van der Waals surface area contributed by atoms with Crippen molar-refractivity contribution in [3.63, 3.8) is 0 Å². The summed E-state index contributed by atoms with van der Waals surface area (Å²) >= 11 is 5.62. The van der Waals surface area contributed by atoms with Crippen LogP contribution in [0.25, 0.3) is 0 Å². The Labute approximate surface area is 85.1 Å². The van der Waals surface area contributed by atoms with Gasteiger partial charge in [-0.2, -0.15) is 13.2 Å². The standard InChI is InChI=1S/C9H9ClF3N/c1-14(2)8-5-6(10)3-4-7(8)9(11,12)13/h3-5H,1-2H3. The maximum Gasteiger partial charge on any atom is 0.418 e. The van der Waals surface area contributed by atoms with Crippen molar-refractivity contribution in [1.82, 2.24) is 0 Å². The summed E-state index contributed by atoms with van der Waals surface area (Å²) in [4.78, 5) is 1.38. The predicted octanol–water partition coefficient (Wildman–Crippen LogP) is 3.42. The van der Waals surface area contributed by atoms with Gasteiger partial charge in [-0.1, -0.05) is 11.6 Å². The topological polar surface area (TPSA) is 3.24 Å². The molecule has 1 aromatic carbocycles. The summed E-state index contributed by atoms with van der Waals surface area (Å²) in [7, 11) is 3.09. The van der Waals surface area contributed by atoms with E-state index in [-0.39, 0.29) is 5.69 Å². The van der Waals surface area contributed by atoms with Crippen LogP contribution in [0.3, 0.4) is 0 Å². The third-order valence-corrected chi connectivity index (χ3v) is 1.98. The van der Waals surface area contributed by atoms with Gasteiger partial charge in [-0.05, 0) is 18.2 Å². The number of anilines is 1. The SMILES string of the molecule is CN(C)c1cc(Cl)ccc1C(F)(F)F. The molecule has 78 valence electrons. The summed E-state index contributed by atoms with van der Waals surface area (Å²) in [6.07, 6.45) is -4.34. The summed E-state index contributed by atoms with van der Waals surface area (Å²) in [6.45, 7) is 0. The molecule has 5 heteroatoms. The van der Waals surface area contributed by atoms with Gasteiger partial charge in [0, 0.05) is 24.8 Å². The Morgan fingerprint density at radius 2 is 1.79 bits per heavy atom. The molecular weight excluding hydrogens is 215 g/mol. The molecule has 0 bridgehead atoms. The molecule has 0 aliphatic heterocycles. The van der Waals surface area contributed by atoms with E-state index in [0.717, 1.165) is 6.07 Å². The van der Waals surface area contributed by atoms with E-state index in [1.807, 2.05) is 0 Å². The van der Waals surface area contributed by atoms with E-state index in [1.165, 1.54) is 17.0 Å². The summed E-state index contributed by atoms with van der Waals surface area (Å²) in [5, 5.41) is 0.293. The summed E-state index contributed by atoms with van der Waals surface area (Å²) in [5.74, 6) is 0. The van der Waals surface area contributed by atoms with Crippen molar-refractivity contribution in [3.05, 3.63) is 28.8 Å². The summed E-state index contributed by atoms with van der Waals surface area (Å²) in [6, 6.07) is 3.51. The Kier molecular flexibility index (Phi) is 2.95. The molecule has 0 unspecified atom stereocenters. The number of benzene rings is 1. The van der Waals surface area contributed by atoms with E-state index in [9.17, 15) is 13.2 Å². The van der Waals surface area contributed by atoms with E-state index >= 15 is 0 Å². The molecule has 0 radical (unpaired) electrons. The molecule has 0 N–H and O–H groups in total. The number of halogens is 4. The third kappa shape index (κ3) is 2.32. The maximum atomic E-state index is 12.5. The first-order valence-corrected chi connectivity index (χ1v) is 4.24. The molecule has 0 atom stereocenters. The highest BCUT2D eigenvalue weighted by atomic mass is 35.5. The van der Waals surface area contributed by atoms with Crippen LogP contribution in [0.4, 0.5) is 18.9 Å². The number of rotatable bonds is 1. The van der Waals surface area contributed by atoms with Gasteiger partial charge in [0.2, 0.25) is 0 Å². The van der Waals surface area contributed by atoms with E-state index < -0.39 is 11.7 Å². The van der Waals surface area contributed by atoms with E-state index in [1.54, 1.807) is 14.1 Å². The second-order valence-corrected chi connectivity index (χ2v) is 3.49. The maximum absolute atomic E-state index is 12.5. The second kappa shape index (κ2) is 3.69. The second-order valence-electron chi connectivity index (χ2n) is 3.05. The lowest BCUT2D eigenvalue weighted by Crippen LogP contribution is -2.16. The molecule has 0 aliphatic rings. The van der Waals surface area contributed by atoms with Crippen LogP contribution < -0.4 is 4.90 Å². The molecule has 0 aromatic heterocycles. The molecule has 14 heavy (non-hydrogen) atoms. The van der Waals surface area contributed by atoms with Crippen LogP contribution in [0.2, 0.25) is 5.02 Å². The lowest BCUT2D eigenvalue weighted by molar-refractivity contribution is -0.137. The van der Waals surface area contributed by atoms with Gasteiger partial charge in [0.1, 0.15) is 0 Å². The fourth-order valence-electron chi connectivity index (χ4n) is 1.11. The first-order valence-electron chi connectivity index (χ1n) is 3.86. The number of alkyl halides is 3. The van der Waals surface area contributed by atoms with Crippen LogP contribution in [0.5, 0.6) is 0 Å². The lowest BCUT2D eigenvalue weighted by Gasteiger charge is -2.19. The summed E-state index contributed by atoms with van der Waals surface area (Å²) < 4.78 is 37.4. The zero-order valence-corrected chi connectivity index (χ0v) is 8.45. The first kappa shape index (κ1) is 11.2. The quantitative estimate of drug-likeness (QED) is 0.705. The number of hydrogen-bond donors (Lipinski definition) is 0. The van der Waals surface area contributed by atoms with Crippen LogP contribution in [-0.4, -0.2) is 14.1 Å². The van der Waals surface area contributed by atoms with Crippen LogP contribution >= 0.6 is 11.6 Å². The molecule has 1 rings (SSSR count). The van der Waals surface area contributed by atoms with Gasteiger partial charge < -0.3 is 4.90 Å². The van der Waals surface area contributed by atoms with Crippen molar-refractivity contribution < 1.29 is 13.2 Å². The Morgan fingerprint density at radius 1 is 1.21 bits per heavy atom. The number of hydrogen-bond acceptors (Lipinski definition) is 1. The van der Waals surface area contributed by atoms with Gasteiger partial charge in [0.05, 0.1) is 5.56 Å². The highest BCUT2D eigenvalue weighted by molar-refractivity contribution is 6.30. The normalized spacial score (nSPS) is 11.6. The Bertz CT molecular complexity index is 333. The van der Waals surface area contributed by atoms with Crippen molar-refractivity contribution >= 4 is 17.3 Å². The van der Waals surface area contributed by atoms with E-state index in [2.05, 4.69) is 0 Å². The van der Waals surface area contributed by atoms with Crippen molar-refractivity contribution in [2.75, 3.05) is 19.0 Å². The van der Waals surface area contributed by atoms with Crippen molar-refractivity contribution in [3.8, 4) is 0 Å². The van der Waals surface area contributed by atoms with Crippen molar-refractivity contribution in [2.45, 2.75) is 6.18 Å². The van der Waals surface area contributed by atoms with Gasteiger partial charge >= 0.3 is 6.18 Å². The molecule has 0 aliphatic carbocycles. The predicted molar refractivity (Wildman–Crippen MR) is 50.8 cm³/mol. The molecule has 0 spiro atoms. The molecule has 1 nitrogen and oxygen atoms in total. The first-order chi connectivity index (χ1) is 6.32. The van der Waals surface area contributed by atoms with Gasteiger partial charge in [-0.15, -0.1) is 0 Å². The fraction of sp³-hybridized carbons (Fsp3) is 0.333. The minimum atomic E-state index is -4.34. The van der Waals surface area contributed by atoms with Gasteiger partial charge in [0.25, 0.3) is 0 Å². The van der Waals surface area contributed by atoms with Crippen LogP contribution in [-0.2, 0) is 6.18 Å². The minimum Gasteiger partial charge on any atom is -0.377 e. The highest BCUT2D eigenvalue weighted by Crippen LogP contribution is 2.37. The summed E-state index contributed by atoms with van der Waals surface area (Å²) in [5.41, 5.74) is -0.600. The Hall–Kier alpha value is -0.900. The Morgan fingerprint density at radius 3 is 2.21 bits per heavy atom. The highest BCUT2D eigenvalue weighted by Gasteiger charge is 2.33. The van der Waals surface area contributed by atoms with Gasteiger partial charge in [0.15, 0.2) is 0 Å². The molecule has 1 aromatic rings. The molecule has 0 heterocycles. The zero-order valence-electron chi connectivity index (χ0n) is 7.69. The molecule has 0 amide bonds. The molecule has 0 fully saturated rings. The van der Waals surface area contributed by atoms with Crippen LogP contribution in [0, 0.1) is 0 Å². The number of nitrogens with zero attached hydrogens (tertiary/aromatic N) is 1. The van der Waals surface area contributed by atoms with E-state index in [0.29, 0.717) is 5.02 Å². The van der Waals surface area contributed by atoms with Crippen LogP contribution in [0.1, 0.15) is 5.56 Å². The average molecular weight is 224 g/mol. The average Bonchev–Trinajstić information content (AvgIpc) is 2.01. The minimum absolute atomic E-state index is 0.0741. The monoisotopic (exact) mass is 223 g/mol. The molecule has 0 saturated carbocycles. The van der Waals surface area contributed by atoms with Gasteiger partial charge in [-0.3, -0.25) is 0 Å².